The van der Waals surface area contributed by atoms with Crippen molar-refractivity contribution in [3.05, 3.63) is 95.5 Å². The second-order valence-corrected chi connectivity index (χ2v) is 8.17. The Morgan fingerprint density at radius 3 is 2.17 bits per heavy atom. The van der Waals surface area contributed by atoms with Crippen molar-refractivity contribution < 1.29 is 17.9 Å². The average Bonchev–Trinajstić information content (AvgIpc) is 2.74. The summed E-state index contributed by atoms with van der Waals surface area (Å²) in [7, 11) is -2.62. The molecule has 0 saturated heterocycles. The Kier molecular flexibility index (Phi) is 6.36. The molecule has 3 rings (SSSR count). The predicted molar refractivity (Wildman–Crippen MR) is 115 cm³/mol. The van der Waals surface area contributed by atoms with Gasteiger partial charge in [-0.05, 0) is 54.1 Å². The number of anilines is 1. The van der Waals surface area contributed by atoms with Crippen molar-refractivity contribution in [2.24, 2.45) is 0 Å². The number of halogens is 1. The molecule has 0 aliphatic carbocycles. The summed E-state index contributed by atoms with van der Waals surface area (Å²) in [6, 6.07) is 21.0. The molecule has 0 atom stereocenters. The van der Waals surface area contributed by atoms with Gasteiger partial charge in [-0.2, -0.15) is 4.31 Å². The molecule has 3 aromatic rings. The molecule has 0 N–H and O–H groups in total. The van der Waals surface area contributed by atoms with Gasteiger partial charge in [0.15, 0.2) is 0 Å². The van der Waals surface area contributed by atoms with Crippen LogP contribution in [0.3, 0.4) is 0 Å². The summed E-state index contributed by atoms with van der Waals surface area (Å²) in [5.74, 6) is -0.177. The van der Waals surface area contributed by atoms with Gasteiger partial charge in [0.2, 0.25) is 0 Å². The number of methoxy groups -OCH3 is 1. The molecule has 0 aromatic heterocycles. The van der Waals surface area contributed by atoms with Crippen LogP contribution in [-0.2, 0) is 14.8 Å². The van der Waals surface area contributed by atoms with Gasteiger partial charge in [-0.1, -0.05) is 48.0 Å². The van der Waals surface area contributed by atoms with Crippen LogP contribution in [0.1, 0.15) is 5.56 Å². The molecule has 148 valence electrons. The van der Waals surface area contributed by atoms with E-state index in [1.165, 1.54) is 43.5 Å². The van der Waals surface area contributed by atoms with E-state index in [4.69, 9.17) is 16.3 Å². The molecule has 0 aliphatic heterocycles. The minimum atomic E-state index is -4.13. The van der Waals surface area contributed by atoms with Crippen LogP contribution in [-0.4, -0.2) is 21.4 Å². The number of benzene rings is 3. The number of amides is 1. The first kappa shape index (κ1) is 20.6. The largest absolute Gasteiger partial charge is 0.497 e. The molecule has 1 amide bonds. The highest BCUT2D eigenvalue weighted by molar-refractivity contribution is 7.93. The van der Waals surface area contributed by atoms with E-state index >= 15 is 0 Å². The summed E-state index contributed by atoms with van der Waals surface area (Å²) >= 11 is 6.12. The average molecular weight is 428 g/mol. The molecule has 3 aromatic carbocycles. The van der Waals surface area contributed by atoms with Gasteiger partial charge in [-0.25, -0.2) is 8.42 Å². The normalized spacial score (nSPS) is 11.4. The van der Waals surface area contributed by atoms with Gasteiger partial charge < -0.3 is 4.74 Å². The maximum absolute atomic E-state index is 13.2. The zero-order valence-electron chi connectivity index (χ0n) is 15.5. The monoisotopic (exact) mass is 427 g/mol. The van der Waals surface area contributed by atoms with E-state index < -0.39 is 15.9 Å². The van der Waals surface area contributed by atoms with Gasteiger partial charge in [-0.15, -0.1) is 0 Å². The number of hydrogen-bond donors (Lipinski definition) is 0. The van der Waals surface area contributed by atoms with Crippen LogP contribution in [0, 0.1) is 0 Å². The summed E-state index contributed by atoms with van der Waals surface area (Å²) in [4.78, 5) is 13.0. The smallest absolute Gasteiger partial charge is 0.271 e. The molecule has 0 bridgehead atoms. The first-order valence-corrected chi connectivity index (χ1v) is 10.5. The van der Waals surface area contributed by atoms with Crippen molar-refractivity contribution in [1.82, 2.24) is 0 Å². The number of sulfonamides is 1. The molecule has 0 saturated carbocycles. The van der Waals surface area contributed by atoms with Gasteiger partial charge in [-0.3, -0.25) is 4.79 Å². The van der Waals surface area contributed by atoms with Crippen molar-refractivity contribution in [3.8, 4) is 5.75 Å². The molecule has 0 aliphatic rings. The standard InChI is InChI=1S/C22H18ClNO4S/c1-28-19-14-12-18(13-15-19)24(29(26,27)20-8-3-2-4-9-20)22(25)16-11-17-7-5-6-10-21(17)23/h2-16H,1H3/b16-11+. The van der Waals surface area contributed by atoms with E-state index in [9.17, 15) is 13.2 Å². The molecule has 0 radical (unpaired) electrons. The summed E-state index contributed by atoms with van der Waals surface area (Å²) in [6.07, 6.45) is 2.67. The quantitative estimate of drug-likeness (QED) is 0.531. The predicted octanol–water partition coefficient (Wildman–Crippen LogP) is 4.78. The number of rotatable bonds is 6. The van der Waals surface area contributed by atoms with E-state index in [-0.39, 0.29) is 10.6 Å². The van der Waals surface area contributed by atoms with Gasteiger partial charge >= 0.3 is 0 Å². The lowest BCUT2D eigenvalue weighted by molar-refractivity contribution is -0.113. The van der Waals surface area contributed by atoms with Gasteiger partial charge in [0, 0.05) is 11.1 Å². The third-order valence-corrected chi connectivity index (χ3v) is 6.18. The van der Waals surface area contributed by atoms with E-state index in [1.807, 2.05) is 0 Å². The van der Waals surface area contributed by atoms with Crippen molar-refractivity contribution in [2.45, 2.75) is 4.90 Å². The van der Waals surface area contributed by atoms with E-state index in [0.717, 1.165) is 4.31 Å². The maximum atomic E-state index is 13.2. The molecule has 5 nitrogen and oxygen atoms in total. The fourth-order valence-electron chi connectivity index (χ4n) is 2.64. The zero-order valence-corrected chi connectivity index (χ0v) is 17.1. The van der Waals surface area contributed by atoms with Crippen LogP contribution in [0.25, 0.3) is 6.08 Å². The van der Waals surface area contributed by atoms with Crippen LogP contribution < -0.4 is 9.04 Å². The van der Waals surface area contributed by atoms with Crippen molar-refractivity contribution in [2.75, 3.05) is 11.4 Å². The highest BCUT2D eigenvalue weighted by atomic mass is 35.5. The van der Waals surface area contributed by atoms with E-state index in [1.54, 1.807) is 54.6 Å². The fourth-order valence-corrected chi connectivity index (χ4v) is 4.25. The van der Waals surface area contributed by atoms with Gasteiger partial charge in [0.1, 0.15) is 5.75 Å². The number of carbonyl (C=O) groups excluding carboxylic acids is 1. The highest BCUT2D eigenvalue weighted by Gasteiger charge is 2.29. The first-order chi connectivity index (χ1) is 13.9. The highest BCUT2D eigenvalue weighted by Crippen LogP contribution is 2.27. The molecular weight excluding hydrogens is 410 g/mol. The van der Waals surface area contributed by atoms with E-state index in [0.29, 0.717) is 16.3 Å². The summed E-state index contributed by atoms with van der Waals surface area (Å²) in [6.45, 7) is 0. The SMILES string of the molecule is COc1ccc(N(C(=O)/C=C/c2ccccc2Cl)S(=O)(=O)c2ccccc2)cc1. The molecule has 0 unspecified atom stereocenters. The zero-order chi connectivity index (χ0) is 20.9. The van der Waals surface area contributed by atoms with Crippen LogP contribution in [0.2, 0.25) is 5.02 Å². The maximum Gasteiger partial charge on any atom is 0.271 e. The first-order valence-electron chi connectivity index (χ1n) is 8.64. The molecule has 0 spiro atoms. The Labute approximate surface area is 174 Å². The van der Waals surface area contributed by atoms with Crippen LogP contribution in [0.4, 0.5) is 5.69 Å². The third kappa shape index (κ3) is 4.67. The van der Waals surface area contributed by atoms with Crippen molar-refractivity contribution in [3.63, 3.8) is 0 Å². The third-order valence-electron chi connectivity index (χ3n) is 4.10. The Morgan fingerprint density at radius 2 is 1.55 bits per heavy atom. The lowest BCUT2D eigenvalue weighted by atomic mass is 10.2. The number of carbonyl (C=O) groups is 1. The van der Waals surface area contributed by atoms with Crippen LogP contribution in [0.5, 0.6) is 5.75 Å². The Balaban J connectivity index is 2.05. The lowest BCUT2D eigenvalue weighted by Crippen LogP contribution is -2.35. The Morgan fingerprint density at radius 1 is 0.931 bits per heavy atom. The molecule has 7 heteroatoms. The van der Waals surface area contributed by atoms with Crippen molar-refractivity contribution in [1.29, 1.82) is 0 Å². The van der Waals surface area contributed by atoms with Gasteiger partial charge in [0.25, 0.3) is 15.9 Å². The molecule has 0 fully saturated rings. The number of ether oxygens (including phenoxy) is 1. The number of hydrogen-bond acceptors (Lipinski definition) is 4. The summed E-state index contributed by atoms with van der Waals surface area (Å²) in [5, 5.41) is 0.457. The summed E-state index contributed by atoms with van der Waals surface area (Å²) < 4.78 is 32.3. The Bertz CT molecular complexity index is 1130. The molecular formula is C22H18ClNO4S. The second kappa shape index (κ2) is 8.94. The van der Waals surface area contributed by atoms with Crippen LogP contribution in [0.15, 0.2) is 89.8 Å². The van der Waals surface area contributed by atoms with Crippen LogP contribution >= 0.6 is 11.6 Å². The molecule has 29 heavy (non-hydrogen) atoms. The number of nitrogens with zero attached hydrogens (tertiary/aromatic N) is 1. The minimum Gasteiger partial charge on any atom is -0.497 e. The van der Waals surface area contributed by atoms with Crippen molar-refractivity contribution >= 4 is 39.3 Å². The fraction of sp³-hybridized carbons (Fsp3) is 0.0455. The molecule has 0 heterocycles. The van der Waals surface area contributed by atoms with E-state index in [2.05, 4.69) is 0 Å². The summed E-state index contributed by atoms with van der Waals surface area (Å²) in [5.41, 5.74) is 0.803. The topological polar surface area (TPSA) is 63.7 Å². The second-order valence-electron chi connectivity index (χ2n) is 5.97. The minimum absolute atomic E-state index is 0.00955. The lowest BCUT2D eigenvalue weighted by Gasteiger charge is -2.21. The Hall–Kier alpha value is -3.09. The van der Waals surface area contributed by atoms with Gasteiger partial charge in [0.05, 0.1) is 17.7 Å².